The molecule has 112 valence electrons. The van der Waals surface area contributed by atoms with Crippen LogP contribution in [-0.2, 0) is 6.42 Å². The van der Waals surface area contributed by atoms with Crippen LogP contribution in [-0.4, -0.2) is 35.4 Å². The third-order valence-corrected chi connectivity index (χ3v) is 4.91. The molecule has 2 N–H and O–H groups in total. The Morgan fingerprint density at radius 3 is 3.00 bits per heavy atom. The van der Waals surface area contributed by atoms with Gasteiger partial charge in [0.15, 0.2) is 0 Å². The maximum Gasteiger partial charge on any atom is 0.262 e. The number of rotatable bonds is 7. The van der Waals surface area contributed by atoms with Crippen LogP contribution < -0.4 is 5.32 Å². The number of hydrogen-bond donors (Lipinski definition) is 2. The highest BCUT2D eigenvalue weighted by molar-refractivity contribution is 7.98. The lowest BCUT2D eigenvalue weighted by Crippen LogP contribution is -2.31. The van der Waals surface area contributed by atoms with Crippen molar-refractivity contribution in [2.45, 2.75) is 11.3 Å². The monoisotopic (exact) mass is 322 g/mol. The Balaban J connectivity index is 1.90. The molecule has 0 aromatic carbocycles. The van der Waals surface area contributed by atoms with Crippen molar-refractivity contribution < 1.29 is 9.90 Å². The molecule has 0 aliphatic heterocycles. The number of nitrogens with zero attached hydrogens (tertiary/aromatic N) is 1. The molecule has 1 unspecified atom stereocenters. The predicted molar refractivity (Wildman–Crippen MR) is 87.0 cm³/mol. The fraction of sp³-hybridized carbons (Fsp3) is 0.333. The zero-order valence-electron chi connectivity index (χ0n) is 11.8. The number of hydrogen-bond acceptors (Lipinski definition) is 5. The summed E-state index contributed by atoms with van der Waals surface area (Å²) < 4.78 is 0. The van der Waals surface area contributed by atoms with Gasteiger partial charge in [-0.1, -0.05) is 6.07 Å². The first-order valence-corrected chi connectivity index (χ1v) is 8.75. The largest absolute Gasteiger partial charge is 0.396 e. The van der Waals surface area contributed by atoms with E-state index in [1.165, 1.54) is 11.3 Å². The number of carbonyl (C=O) groups is 1. The van der Waals surface area contributed by atoms with Gasteiger partial charge >= 0.3 is 0 Å². The molecule has 0 fully saturated rings. The van der Waals surface area contributed by atoms with Gasteiger partial charge in [-0.3, -0.25) is 9.78 Å². The Morgan fingerprint density at radius 1 is 1.48 bits per heavy atom. The Hall–Kier alpha value is -1.37. The van der Waals surface area contributed by atoms with E-state index in [4.69, 9.17) is 0 Å². The summed E-state index contributed by atoms with van der Waals surface area (Å²) in [5.74, 6) is -0.102. The molecule has 4 nitrogen and oxygen atoms in total. The summed E-state index contributed by atoms with van der Waals surface area (Å²) in [7, 11) is 0. The molecular weight excluding hydrogens is 304 g/mol. The number of nitrogens with one attached hydrogen (secondary N) is 1. The molecule has 2 heterocycles. The number of aliphatic hydroxyl groups is 1. The zero-order valence-corrected chi connectivity index (χ0v) is 13.4. The molecule has 2 rings (SSSR count). The van der Waals surface area contributed by atoms with Crippen molar-refractivity contribution in [1.82, 2.24) is 10.3 Å². The van der Waals surface area contributed by atoms with Gasteiger partial charge in [0.05, 0.1) is 0 Å². The van der Waals surface area contributed by atoms with Crippen molar-refractivity contribution >= 4 is 29.0 Å². The summed E-state index contributed by atoms with van der Waals surface area (Å²) in [5.41, 5.74) is 0.923. The second kappa shape index (κ2) is 8.17. The number of thioether (sulfide) groups is 1. The predicted octanol–water partition coefficient (Wildman–Crippen LogP) is 2.45. The SMILES string of the molecule is CSc1ccsc1C(=O)NCC(CO)Cc1ccccn1. The molecule has 1 amide bonds. The van der Waals surface area contributed by atoms with E-state index in [1.807, 2.05) is 35.9 Å². The van der Waals surface area contributed by atoms with E-state index in [2.05, 4.69) is 10.3 Å². The van der Waals surface area contributed by atoms with Crippen LogP contribution in [0.2, 0.25) is 0 Å². The molecule has 1 atom stereocenters. The minimum Gasteiger partial charge on any atom is -0.396 e. The molecule has 0 aliphatic rings. The third kappa shape index (κ3) is 4.56. The maximum absolute atomic E-state index is 12.1. The smallest absolute Gasteiger partial charge is 0.262 e. The van der Waals surface area contributed by atoms with Gasteiger partial charge in [0.25, 0.3) is 5.91 Å². The zero-order chi connectivity index (χ0) is 15.1. The number of pyridine rings is 1. The first-order chi connectivity index (χ1) is 10.2. The molecule has 0 aliphatic carbocycles. The van der Waals surface area contributed by atoms with Crippen LogP contribution in [0.3, 0.4) is 0 Å². The lowest BCUT2D eigenvalue weighted by atomic mass is 10.0. The summed E-state index contributed by atoms with van der Waals surface area (Å²) >= 11 is 3.00. The summed E-state index contributed by atoms with van der Waals surface area (Å²) in [5, 5.41) is 14.3. The van der Waals surface area contributed by atoms with E-state index in [0.29, 0.717) is 13.0 Å². The molecule has 0 radical (unpaired) electrons. The van der Waals surface area contributed by atoms with Crippen molar-refractivity contribution in [2.75, 3.05) is 19.4 Å². The molecule has 2 aromatic rings. The Bertz CT molecular complexity index is 572. The topological polar surface area (TPSA) is 62.2 Å². The van der Waals surface area contributed by atoms with Crippen LogP contribution in [0, 0.1) is 5.92 Å². The molecule has 0 spiro atoms. The van der Waals surface area contributed by atoms with E-state index in [-0.39, 0.29) is 18.4 Å². The molecule has 0 bridgehead atoms. The third-order valence-electron chi connectivity index (χ3n) is 3.09. The van der Waals surface area contributed by atoms with Gasteiger partial charge in [-0.25, -0.2) is 0 Å². The summed E-state index contributed by atoms with van der Waals surface area (Å²) in [6.07, 6.45) is 4.34. The van der Waals surface area contributed by atoms with Gasteiger partial charge < -0.3 is 10.4 Å². The summed E-state index contributed by atoms with van der Waals surface area (Å²) in [6, 6.07) is 7.66. The van der Waals surface area contributed by atoms with Gasteiger partial charge in [0.2, 0.25) is 0 Å². The van der Waals surface area contributed by atoms with E-state index < -0.39 is 0 Å². The highest BCUT2D eigenvalue weighted by Gasteiger charge is 2.15. The highest BCUT2D eigenvalue weighted by atomic mass is 32.2. The van der Waals surface area contributed by atoms with Crippen LogP contribution in [0.5, 0.6) is 0 Å². The Morgan fingerprint density at radius 2 is 2.33 bits per heavy atom. The van der Waals surface area contributed by atoms with E-state index in [9.17, 15) is 9.90 Å². The second-order valence-electron chi connectivity index (χ2n) is 4.60. The molecule has 21 heavy (non-hydrogen) atoms. The molecule has 6 heteroatoms. The molecule has 0 saturated heterocycles. The number of thiophene rings is 1. The van der Waals surface area contributed by atoms with Crippen molar-refractivity contribution in [1.29, 1.82) is 0 Å². The van der Waals surface area contributed by atoms with Gasteiger partial charge in [0, 0.05) is 35.9 Å². The Kier molecular flexibility index (Phi) is 6.22. The van der Waals surface area contributed by atoms with Gasteiger partial charge in [0.1, 0.15) is 4.88 Å². The van der Waals surface area contributed by atoms with Gasteiger partial charge in [-0.2, -0.15) is 0 Å². The standard InChI is InChI=1S/C15H18N2O2S2/c1-20-13-5-7-21-14(13)15(19)17-9-11(10-18)8-12-4-2-3-6-16-12/h2-7,11,18H,8-10H2,1H3,(H,17,19). The number of amides is 1. The van der Waals surface area contributed by atoms with Crippen molar-refractivity contribution in [2.24, 2.45) is 5.92 Å². The van der Waals surface area contributed by atoms with Gasteiger partial charge in [-0.15, -0.1) is 23.1 Å². The summed E-state index contributed by atoms with van der Waals surface area (Å²) in [6.45, 7) is 0.467. The average Bonchev–Trinajstić information content (AvgIpc) is 3.00. The van der Waals surface area contributed by atoms with Crippen molar-refractivity contribution in [3.05, 3.63) is 46.4 Å². The van der Waals surface area contributed by atoms with Crippen LogP contribution in [0.25, 0.3) is 0 Å². The van der Waals surface area contributed by atoms with E-state index in [0.717, 1.165) is 15.5 Å². The van der Waals surface area contributed by atoms with E-state index >= 15 is 0 Å². The quantitative estimate of drug-likeness (QED) is 0.769. The molecule has 2 aromatic heterocycles. The first kappa shape index (κ1) is 16.0. The lowest BCUT2D eigenvalue weighted by molar-refractivity contribution is 0.0941. The number of carbonyl (C=O) groups excluding carboxylic acids is 1. The minimum atomic E-state index is -0.0752. The lowest BCUT2D eigenvalue weighted by Gasteiger charge is -2.14. The van der Waals surface area contributed by atoms with Crippen LogP contribution in [0.1, 0.15) is 15.4 Å². The van der Waals surface area contributed by atoms with Crippen molar-refractivity contribution in [3.63, 3.8) is 0 Å². The van der Waals surface area contributed by atoms with Gasteiger partial charge in [-0.05, 0) is 36.3 Å². The van der Waals surface area contributed by atoms with Crippen molar-refractivity contribution in [3.8, 4) is 0 Å². The summed E-state index contributed by atoms with van der Waals surface area (Å²) in [4.78, 5) is 18.1. The first-order valence-electron chi connectivity index (χ1n) is 6.65. The van der Waals surface area contributed by atoms with Crippen LogP contribution in [0.4, 0.5) is 0 Å². The maximum atomic E-state index is 12.1. The van der Waals surface area contributed by atoms with Crippen LogP contribution >= 0.6 is 23.1 Å². The number of aliphatic hydroxyl groups excluding tert-OH is 1. The number of aromatic nitrogens is 1. The average molecular weight is 322 g/mol. The highest BCUT2D eigenvalue weighted by Crippen LogP contribution is 2.25. The normalized spacial score (nSPS) is 12.1. The molecular formula is C15H18N2O2S2. The fourth-order valence-corrected chi connectivity index (χ4v) is 3.62. The van der Waals surface area contributed by atoms with Crippen LogP contribution in [0.15, 0.2) is 40.7 Å². The fourth-order valence-electron chi connectivity index (χ4n) is 1.96. The Labute approximate surface area is 132 Å². The molecule has 0 saturated carbocycles. The minimum absolute atomic E-state index is 0.0245. The second-order valence-corrected chi connectivity index (χ2v) is 6.37. The van der Waals surface area contributed by atoms with E-state index in [1.54, 1.807) is 18.0 Å².